The van der Waals surface area contributed by atoms with Crippen LogP contribution in [0.15, 0.2) is 29.6 Å². The standard InChI is InChI=1S/C14H14ClN3O3S/c1-8(21-11-5-3-2-4-10(11)15)13(20)18-14-17-9(7-22-14)6-12(16)19/h2-5,7-8H,6H2,1H3,(H2,16,19)(H,17,18,20)/t8-/m1/s1. The van der Waals surface area contributed by atoms with Gasteiger partial charge in [0.25, 0.3) is 5.91 Å². The number of thiazole rings is 1. The lowest BCUT2D eigenvalue weighted by Crippen LogP contribution is -2.30. The molecule has 3 N–H and O–H groups in total. The highest BCUT2D eigenvalue weighted by atomic mass is 35.5. The van der Waals surface area contributed by atoms with E-state index in [-0.39, 0.29) is 12.3 Å². The number of hydrogen-bond donors (Lipinski definition) is 2. The molecule has 2 rings (SSSR count). The molecule has 0 radical (unpaired) electrons. The number of aromatic nitrogens is 1. The second-order valence-corrected chi connectivity index (χ2v) is 5.73. The minimum absolute atomic E-state index is 0.0397. The number of primary amides is 1. The summed E-state index contributed by atoms with van der Waals surface area (Å²) in [6.45, 7) is 1.61. The van der Waals surface area contributed by atoms with Gasteiger partial charge in [0.1, 0.15) is 5.75 Å². The summed E-state index contributed by atoms with van der Waals surface area (Å²) in [5, 5.41) is 5.11. The van der Waals surface area contributed by atoms with Crippen LogP contribution in [0, 0.1) is 0 Å². The maximum absolute atomic E-state index is 12.1. The van der Waals surface area contributed by atoms with E-state index in [1.807, 2.05) is 0 Å². The second-order valence-electron chi connectivity index (χ2n) is 4.47. The molecule has 1 aromatic heterocycles. The van der Waals surface area contributed by atoms with Crippen LogP contribution < -0.4 is 15.8 Å². The lowest BCUT2D eigenvalue weighted by Gasteiger charge is -2.14. The van der Waals surface area contributed by atoms with Crippen molar-refractivity contribution in [1.82, 2.24) is 4.98 Å². The fourth-order valence-corrected chi connectivity index (χ4v) is 2.51. The molecule has 0 aliphatic heterocycles. The molecule has 1 heterocycles. The van der Waals surface area contributed by atoms with E-state index in [1.54, 1.807) is 36.6 Å². The monoisotopic (exact) mass is 339 g/mol. The van der Waals surface area contributed by atoms with Gasteiger partial charge < -0.3 is 10.5 Å². The third kappa shape index (κ3) is 4.44. The van der Waals surface area contributed by atoms with Crippen molar-refractivity contribution in [2.45, 2.75) is 19.4 Å². The molecule has 0 aliphatic rings. The van der Waals surface area contributed by atoms with Gasteiger partial charge in [0.05, 0.1) is 17.1 Å². The number of ether oxygens (including phenoxy) is 1. The second kappa shape index (κ2) is 7.24. The summed E-state index contributed by atoms with van der Waals surface area (Å²) in [6.07, 6.45) is -0.707. The van der Waals surface area contributed by atoms with Crippen molar-refractivity contribution in [3.8, 4) is 5.75 Å². The summed E-state index contributed by atoms with van der Waals surface area (Å²) in [5.74, 6) is -0.404. The van der Waals surface area contributed by atoms with Gasteiger partial charge in [-0.25, -0.2) is 4.98 Å². The van der Waals surface area contributed by atoms with E-state index in [9.17, 15) is 9.59 Å². The summed E-state index contributed by atoms with van der Waals surface area (Å²) in [5.41, 5.74) is 5.61. The zero-order chi connectivity index (χ0) is 16.1. The molecule has 0 saturated heterocycles. The Labute approximate surface area is 136 Å². The molecular weight excluding hydrogens is 326 g/mol. The van der Waals surface area contributed by atoms with Gasteiger partial charge in [-0.2, -0.15) is 0 Å². The first-order chi connectivity index (χ1) is 10.5. The summed E-state index contributed by atoms with van der Waals surface area (Å²) in [6, 6.07) is 6.90. The zero-order valence-corrected chi connectivity index (χ0v) is 13.3. The maximum Gasteiger partial charge on any atom is 0.266 e. The van der Waals surface area contributed by atoms with Crippen molar-refractivity contribution in [3.63, 3.8) is 0 Å². The molecule has 0 saturated carbocycles. The molecule has 0 aliphatic carbocycles. The maximum atomic E-state index is 12.1. The summed E-state index contributed by atoms with van der Waals surface area (Å²) in [7, 11) is 0. The van der Waals surface area contributed by atoms with Crippen molar-refractivity contribution < 1.29 is 14.3 Å². The number of carbonyl (C=O) groups is 2. The van der Waals surface area contributed by atoms with E-state index >= 15 is 0 Å². The SMILES string of the molecule is C[C@@H](Oc1ccccc1Cl)C(=O)Nc1nc(CC(N)=O)cs1. The van der Waals surface area contributed by atoms with Crippen LogP contribution in [0.1, 0.15) is 12.6 Å². The van der Waals surface area contributed by atoms with E-state index in [1.165, 1.54) is 11.3 Å². The Morgan fingerprint density at radius 3 is 2.86 bits per heavy atom. The topological polar surface area (TPSA) is 94.3 Å². The molecule has 0 unspecified atom stereocenters. The van der Waals surface area contributed by atoms with Gasteiger partial charge in [0, 0.05) is 5.38 Å². The van der Waals surface area contributed by atoms with Crippen molar-refractivity contribution >= 4 is 39.9 Å². The predicted octanol–water partition coefficient (Wildman–Crippen LogP) is 2.23. The summed E-state index contributed by atoms with van der Waals surface area (Å²) in [4.78, 5) is 27.0. The van der Waals surface area contributed by atoms with Crippen molar-refractivity contribution in [2.24, 2.45) is 5.73 Å². The Morgan fingerprint density at radius 1 is 1.45 bits per heavy atom. The van der Waals surface area contributed by atoms with Crippen LogP contribution in [-0.2, 0) is 16.0 Å². The molecule has 6 nitrogen and oxygen atoms in total. The van der Waals surface area contributed by atoms with Crippen LogP contribution in [0.3, 0.4) is 0 Å². The Morgan fingerprint density at radius 2 is 2.18 bits per heavy atom. The number of nitrogens with zero attached hydrogens (tertiary/aromatic N) is 1. The first-order valence-corrected chi connectivity index (χ1v) is 7.66. The van der Waals surface area contributed by atoms with Gasteiger partial charge in [-0.05, 0) is 19.1 Å². The number of carbonyl (C=O) groups excluding carboxylic acids is 2. The number of rotatable bonds is 6. The van der Waals surface area contributed by atoms with Gasteiger partial charge in [0.2, 0.25) is 5.91 Å². The summed E-state index contributed by atoms with van der Waals surface area (Å²) >= 11 is 7.19. The van der Waals surface area contributed by atoms with E-state index < -0.39 is 12.0 Å². The Balaban J connectivity index is 1.95. The van der Waals surface area contributed by atoms with Gasteiger partial charge in [-0.3, -0.25) is 14.9 Å². The van der Waals surface area contributed by atoms with Gasteiger partial charge in [-0.15, -0.1) is 11.3 Å². The fraction of sp³-hybridized carbons (Fsp3) is 0.214. The minimum atomic E-state index is -0.747. The largest absolute Gasteiger partial charge is 0.479 e. The number of nitrogens with two attached hydrogens (primary N) is 1. The Hall–Kier alpha value is -2.12. The van der Waals surface area contributed by atoms with Gasteiger partial charge in [0.15, 0.2) is 11.2 Å². The third-order valence-corrected chi connectivity index (χ3v) is 3.77. The van der Waals surface area contributed by atoms with Gasteiger partial charge in [-0.1, -0.05) is 23.7 Å². The molecule has 116 valence electrons. The molecule has 8 heteroatoms. The van der Waals surface area contributed by atoms with Crippen LogP contribution in [0.5, 0.6) is 5.75 Å². The van der Waals surface area contributed by atoms with Crippen LogP contribution in [0.4, 0.5) is 5.13 Å². The van der Waals surface area contributed by atoms with Crippen LogP contribution in [0.25, 0.3) is 0 Å². The molecule has 1 aromatic carbocycles. The minimum Gasteiger partial charge on any atom is -0.479 e. The molecule has 0 fully saturated rings. The fourth-order valence-electron chi connectivity index (χ4n) is 1.62. The number of benzene rings is 1. The zero-order valence-electron chi connectivity index (χ0n) is 11.7. The van der Waals surface area contributed by atoms with E-state index in [4.69, 9.17) is 22.1 Å². The molecule has 2 amide bonds. The van der Waals surface area contributed by atoms with Crippen molar-refractivity contribution in [3.05, 3.63) is 40.4 Å². The third-order valence-electron chi connectivity index (χ3n) is 2.65. The highest BCUT2D eigenvalue weighted by Crippen LogP contribution is 2.24. The number of halogens is 1. The normalized spacial score (nSPS) is 11.7. The summed E-state index contributed by atoms with van der Waals surface area (Å²) < 4.78 is 5.51. The molecular formula is C14H14ClN3O3S. The smallest absolute Gasteiger partial charge is 0.266 e. The van der Waals surface area contributed by atoms with E-state index in [0.29, 0.717) is 21.6 Å². The Bertz CT molecular complexity index is 689. The number of para-hydroxylation sites is 1. The van der Waals surface area contributed by atoms with Crippen LogP contribution in [0.2, 0.25) is 5.02 Å². The van der Waals surface area contributed by atoms with Crippen molar-refractivity contribution in [1.29, 1.82) is 0 Å². The quantitative estimate of drug-likeness (QED) is 0.843. The first-order valence-electron chi connectivity index (χ1n) is 6.40. The van der Waals surface area contributed by atoms with E-state index in [2.05, 4.69) is 10.3 Å². The average Bonchev–Trinajstić information content (AvgIpc) is 2.87. The van der Waals surface area contributed by atoms with Crippen LogP contribution in [-0.4, -0.2) is 22.9 Å². The molecule has 2 aromatic rings. The average molecular weight is 340 g/mol. The molecule has 0 bridgehead atoms. The van der Waals surface area contributed by atoms with Crippen molar-refractivity contribution in [2.75, 3.05) is 5.32 Å². The first kappa shape index (κ1) is 16.3. The highest BCUT2D eigenvalue weighted by molar-refractivity contribution is 7.13. The number of hydrogen-bond acceptors (Lipinski definition) is 5. The highest BCUT2D eigenvalue weighted by Gasteiger charge is 2.17. The Kier molecular flexibility index (Phi) is 5.35. The van der Waals surface area contributed by atoms with Gasteiger partial charge >= 0.3 is 0 Å². The lowest BCUT2D eigenvalue weighted by molar-refractivity contribution is -0.122. The van der Waals surface area contributed by atoms with E-state index in [0.717, 1.165) is 0 Å². The molecule has 1 atom stereocenters. The number of anilines is 1. The molecule has 22 heavy (non-hydrogen) atoms. The lowest BCUT2D eigenvalue weighted by atomic mass is 10.3. The number of nitrogens with one attached hydrogen (secondary N) is 1. The van der Waals surface area contributed by atoms with Crippen LogP contribution >= 0.6 is 22.9 Å². The predicted molar refractivity (Wildman–Crippen MR) is 85.2 cm³/mol. The molecule has 0 spiro atoms. The number of amides is 2.